The van der Waals surface area contributed by atoms with E-state index in [-0.39, 0.29) is 5.91 Å². The van der Waals surface area contributed by atoms with Gasteiger partial charge in [0.05, 0.1) is 11.7 Å². The van der Waals surface area contributed by atoms with Gasteiger partial charge in [-0.3, -0.25) is 4.79 Å². The summed E-state index contributed by atoms with van der Waals surface area (Å²) in [6.45, 7) is 2.08. The van der Waals surface area contributed by atoms with Gasteiger partial charge >= 0.3 is 0 Å². The van der Waals surface area contributed by atoms with Crippen LogP contribution in [0.15, 0.2) is 18.2 Å². The minimum Gasteiger partial charge on any atom is -0.398 e. The Morgan fingerprint density at radius 1 is 1.62 bits per heavy atom. The molecule has 0 saturated heterocycles. The second-order valence-electron chi connectivity index (χ2n) is 3.63. The van der Waals surface area contributed by atoms with E-state index in [0.717, 1.165) is 0 Å². The smallest absolute Gasteiger partial charge is 0.253 e. The standard InChI is InChI=1S/C11H15ClN2O2/c1-7(15)4-5-14-11(16)9-3-2-8(12)6-10(9)13/h2-3,6-7,15H,4-5,13H2,1H3,(H,14,16). The van der Waals surface area contributed by atoms with Crippen molar-refractivity contribution in [3.05, 3.63) is 28.8 Å². The summed E-state index contributed by atoms with van der Waals surface area (Å²) in [5.74, 6) is -0.255. The van der Waals surface area contributed by atoms with Gasteiger partial charge in [0.15, 0.2) is 0 Å². The molecule has 0 radical (unpaired) electrons. The minimum atomic E-state index is -0.428. The van der Waals surface area contributed by atoms with Crippen LogP contribution in [0.4, 0.5) is 5.69 Å². The Kier molecular flexibility index (Phi) is 4.58. The van der Waals surface area contributed by atoms with E-state index in [1.807, 2.05) is 0 Å². The van der Waals surface area contributed by atoms with Gasteiger partial charge in [-0.15, -0.1) is 0 Å². The van der Waals surface area contributed by atoms with Crippen LogP contribution in [0.3, 0.4) is 0 Å². The third-order valence-electron chi connectivity index (χ3n) is 2.11. The molecule has 0 aliphatic rings. The Morgan fingerprint density at radius 2 is 2.31 bits per heavy atom. The number of carbonyl (C=O) groups excluding carboxylic acids is 1. The molecule has 88 valence electrons. The van der Waals surface area contributed by atoms with Crippen LogP contribution in [0, 0.1) is 0 Å². The number of carbonyl (C=O) groups is 1. The molecular formula is C11H15ClN2O2. The third kappa shape index (κ3) is 3.72. The highest BCUT2D eigenvalue weighted by atomic mass is 35.5. The highest BCUT2D eigenvalue weighted by Crippen LogP contribution is 2.17. The largest absolute Gasteiger partial charge is 0.398 e. The maximum absolute atomic E-state index is 11.6. The summed E-state index contributed by atoms with van der Waals surface area (Å²) in [7, 11) is 0. The van der Waals surface area contributed by atoms with Crippen molar-refractivity contribution in [1.29, 1.82) is 0 Å². The first-order valence-corrected chi connectivity index (χ1v) is 5.40. The van der Waals surface area contributed by atoms with Crippen LogP contribution in [0.2, 0.25) is 5.02 Å². The predicted octanol–water partition coefficient (Wildman–Crippen LogP) is 1.42. The fourth-order valence-electron chi connectivity index (χ4n) is 1.23. The molecule has 1 unspecified atom stereocenters. The summed E-state index contributed by atoms with van der Waals surface area (Å²) in [4.78, 5) is 11.6. The first kappa shape index (κ1) is 12.8. The van der Waals surface area contributed by atoms with Crippen LogP contribution in [-0.4, -0.2) is 23.7 Å². The lowest BCUT2D eigenvalue weighted by molar-refractivity contribution is 0.0946. The Morgan fingerprint density at radius 3 is 2.88 bits per heavy atom. The van der Waals surface area contributed by atoms with Gasteiger partial charge in [-0.2, -0.15) is 0 Å². The number of halogens is 1. The molecule has 4 N–H and O–H groups in total. The Labute approximate surface area is 99.4 Å². The minimum absolute atomic E-state index is 0.255. The number of aliphatic hydroxyl groups excluding tert-OH is 1. The lowest BCUT2D eigenvalue weighted by Crippen LogP contribution is -2.27. The molecule has 0 aliphatic carbocycles. The summed E-state index contributed by atoms with van der Waals surface area (Å²) in [6.07, 6.45) is 0.0852. The Bertz CT molecular complexity index is 380. The summed E-state index contributed by atoms with van der Waals surface area (Å²) < 4.78 is 0. The van der Waals surface area contributed by atoms with Gasteiger partial charge in [-0.1, -0.05) is 11.6 Å². The van der Waals surface area contributed by atoms with E-state index in [4.69, 9.17) is 22.4 Å². The van der Waals surface area contributed by atoms with E-state index >= 15 is 0 Å². The summed E-state index contributed by atoms with van der Waals surface area (Å²) in [6, 6.07) is 4.72. The molecule has 1 rings (SSSR count). The number of rotatable bonds is 4. The zero-order chi connectivity index (χ0) is 12.1. The molecule has 0 fully saturated rings. The molecule has 0 spiro atoms. The molecule has 0 saturated carbocycles. The third-order valence-corrected chi connectivity index (χ3v) is 2.34. The molecule has 16 heavy (non-hydrogen) atoms. The fraction of sp³-hybridized carbons (Fsp3) is 0.364. The van der Waals surface area contributed by atoms with Crippen LogP contribution < -0.4 is 11.1 Å². The van der Waals surface area contributed by atoms with Crippen LogP contribution in [-0.2, 0) is 0 Å². The van der Waals surface area contributed by atoms with Crippen molar-refractivity contribution in [3.8, 4) is 0 Å². The number of hydrogen-bond acceptors (Lipinski definition) is 3. The first-order chi connectivity index (χ1) is 7.50. The second kappa shape index (κ2) is 5.72. The van der Waals surface area contributed by atoms with Crippen LogP contribution in [0.1, 0.15) is 23.7 Å². The van der Waals surface area contributed by atoms with E-state index in [1.54, 1.807) is 19.1 Å². The van der Waals surface area contributed by atoms with Gasteiger partial charge in [0.1, 0.15) is 0 Å². The topological polar surface area (TPSA) is 75.3 Å². The van der Waals surface area contributed by atoms with Crippen molar-refractivity contribution in [2.75, 3.05) is 12.3 Å². The molecule has 4 nitrogen and oxygen atoms in total. The fourth-order valence-corrected chi connectivity index (χ4v) is 1.41. The van der Waals surface area contributed by atoms with E-state index in [0.29, 0.717) is 29.2 Å². The van der Waals surface area contributed by atoms with E-state index in [1.165, 1.54) is 6.07 Å². The van der Waals surface area contributed by atoms with Crippen molar-refractivity contribution in [3.63, 3.8) is 0 Å². The number of nitrogens with two attached hydrogens (primary N) is 1. The average molecular weight is 243 g/mol. The maximum atomic E-state index is 11.6. The van der Waals surface area contributed by atoms with Gasteiger partial charge in [0, 0.05) is 17.3 Å². The second-order valence-corrected chi connectivity index (χ2v) is 4.06. The average Bonchev–Trinajstić information content (AvgIpc) is 2.16. The molecule has 0 heterocycles. The van der Waals surface area contributed by atoms with Crippen molar-refractivity contribution in [1.82, 2.24) is 5.32 Å². The predicted molar refractivity (Wildman–Crippen MR) is 64.5 cm³/mol. The van der Waals surface area contributed by atoms with Crippen LogP contribution >= 0.6 is 11.6 Å². The van der Waals surface area contributed by atoms with Gasteiger partial charge in [0.2, 0.25) is 0 Å². The Balaban J connectivity index is 2.59. The highest BCUT2D eigenvalue weighted by Gasteiger charge is 2.09. The van der Waals surface area contributed by atoms with E-state index < -0.39 is 6.10 Å². The van der Waals surface area contributed by atoms with Crippen molar-refractivity contribution < 1.29 is 9.90 Å². The van der Waals surface area contributed by atoms with Crippen molar-refractivity contribution in [2.24, 2.45) is 0 Å². The number of hydrogen-bond donors (Lipinski definition) is 3. The molecule has 1 aromatic carbocycles. The number of anilines is 1. The number of benzene rings is 1. The number of aliphatic hydroxyl groups is 1. The molecular weight excluding hydrogens is 228 g/mol. The summed E-state index contributed by atoms with van der Waals surface area (Å²) in [5, 5.41) is 12.2. The zero-order valence-electron chi connectivity index (χ0n) is 9.03. The molecule has 0 bridgehead atoms. The number of nitrogen functional groups attached to an aromatic ring is 1. The molecule has 1 amide bonds. The monoisotopic (exact) mass is 242 g/mol. The quantitative estimate of drug-likeness (QED) is 0.699. The lowest BCUT2D eigenvalue weighted by Gasteiger charge is -2.08. The van der Waals surface area contributed by atoms with Gasteiger partial charge in [-0.05, 0) is 31.5 Å². The summed E-state index contributed by atoms with van der Waals surface area (Å²) in [5.41, 5.74) is 6.41. The van der Waals surface area contributed by atoms with Crippen LogP contribution in [0.25, 0.3) is 0 Å². The summed E-state index contributed by atoms with van der Waals surface area (Å²) >= 11 is 5.72. The van der Waals surface area contributed by atoms with E-state index in [9.17, 15) is 4.79 Å². The normalized spacial score (nSPS) is 12.2. The molecule has 0 aromatic heterocycles. The van der Waals surface area contributed by atoms with Gasteiger partial charge < -0.3 is 16.2 Å². The lowest BCUT2D eigenvalue weighted by atomic mass is 10.1. The Hall–Kier alpha value is -1.26. The van der Waals surface area contributed by atoms with Gasteiger partial charge in [0.25, 0.3) is 5.91 Å². The maximum Gasteiger partial charge on any atom is 0.253 e. The highest BCUT2D eigenvalue weighted by molar-refractivity contribution is 6.31. The molecule has 1 aromatic rings. The van der Waals surface area contributed by atoms with Crippen molar-refractivity contribution >= 4 is 23.2 Å². The first-order valence-electron chi connectivity index (χ1n) is 5.02. The zero-order valence-corrected chi connectivity index (χ0v) is 9.79. The molecule has 5 heteroatoms. The van der Waals surface area contributed by atoms with Crippen LogP contribution in [0.5, 0.6) is 0 Å². The molecule has 0 aliphatic heterocycles. The van der Waals surface area contributed by atoms with Crippen molar-refractivity contribution in [2.45, 2.75) is 19.4 Å². The van der Waals surface area contributed by atoms with E-state index in [2.05, 4.69) is 5.32 Å². The number of amides is 1. The number of nitrogens with one attached hydrogen (secondary N) is 1. The molecule has 1 atom stereocenters. The van der Waals surface area contributed by atoms with Gasteiger partial charge in [-0.25, -0.2) is 0 Å². The SMILES string of the molecule is CC(O)CCNC(=O)c1ccc(Cl)cc1N.